The molecule has 0 saturated heterocycles. The topological polar surface area (TPSA) is 38.9 Å². The van der Waals surface area contributed by atoms with E-state index in [9.17, 15) is 17.6 Å². The SMILES string of the molecule is NCC(F)c1ccncc1C(F)(F)F. The first kappa shape index (κ1) is 10.9. The van der Waals surface area contributed by atoms with Gasteiger partial charge >= 0.3 is 6.18 Å². The number of nitrogens with two attached hydrogens (primary N) is 1. The van der Waals surface area contributed by atoms with E-state index in [-0.39, 0.29) is 0 Å². The normalized spacial score (nSPS) is 14.1. The van der Waals surface area contributed by atoms with Crippen molar-refractivity contribution < 1.29 is 17.6 Å². The summed E-state index contributed by atoms with van der Waals surface area (Å²) in [5, 5.41) is 0. The summed E-state index contributed by atoms with van der Waals surface area (Å²) in [4.78, 5) is 3.30. The van der Waals surface area contributed by atoms with Crippen LogP contribution in [0.5, 0.6) is 0 Å². The third-order valence-corrected chi connectivity index (χ3v) is 1.70. The molecule has 1 atom stereocenters. The number of rotatable bonds is 2. The second-order valence-electron chi connectivity index (χ2n) is 2.66. The van der Waals surface area contributed by atoms with Crippen molar-refractivity contribution in [1.82, 2.24) is 4.98 Å². The lowest BCUT2D eigenvalue weighted by Gasteiger charge is -2.13. The van der Waals surface area contributed by atoms with Crippen molar-refractivity contribution in [2.24, 2.45) is 5.73 Å². The monoisotopic (exact) mass is 208 g/mol. The van der Waals surface area contributed by atoms with E-state index in [4.69, 9.17) is 5.73 Å². The Morgan fingerprint density at radius 1 is 1.43 bits per heavy atom. The molecule has 1 rings (SSSR count). The summed E-state index contributed by atoms with van der Waals surface area (Å²) in [7, 11) is 0. The van der Waals surface area contributed by atoms with E-state index in [2.05, 4.69) is 4.98 Å². The van der Waals surface area contributed by atoms with Gasteiger partial charge in [-0.2, -0.15) is 13.2 Å². The number of halogens is 4. The van der Waals surface area contributed by atoms with E-state index in [1.807, 2.05) is 0 Å². The molecule has 1 unspecified atom stereocenters. The molecular formula is C8H8F4N2. The highest BCUT2D eigenvalue weighted by Crippen LogP contribution is 2.34. The van der Waals surface area contributed by atoms with E-state index >= 15 is 0 Å². The van der Waals surface area contributed by atoms with Gasteiger partial charge in [0.15, 0.2) is 0 Å². The molecule has 0 spiro atoms. The Morgan fingerprint density at radius 3 is 2.57 bits per heavy atom. The van der Waals surface area contributed by atoms with Gasteiger partial charge in [0.2, 0.25) is 0 Å². The first-order chi connectivity index (χ1) is 6.46. The second-order valence-corrected chi connectivity index (χ2v) is 2.66. The van der Waals surface area contributed by atoms with Gasteiger partial charge in [0.25, 0.3) is 0 Å². The summed E-state index contributed by atoms with van der Waals surface area (Å²) >= 11 is 0. The van der Waals surface area contributed by atoms with Gasteiger partial charge in [-0.15, -0.1) is 0 Å². The third kappa shape index (κ3) is 2.20. The van der Waals surface area contributed by atoms with E-state index in [1.165, 1.54) is 0 Å². The maximum atomic E-state index is 13.0. The van der Waals surface area contributed by atoms with Crippen LogP contribution in [0.25, 0.3) is 0 Å². The van der Waals surface area contributed by atoms with Crippen LogP contribution in [0.3, 0.4) is 0 Å². The zero-order chi connectivity index (χ0) is 10.8. The van der Waals surface area contributed by atoms with Crippen LogP contribution in [0.2, 0.25) is 0 Å². The Bertz CT molecular complexity index is 310. The minimum atomic E-state index is -4.59. The zero-order valence-corrected chi connectivity index (χ0v) is 7.05. The van der Waals surface area contributed by atoms with Crippen molar-refractivity contribution in [2.75, 3.05) is 6.54 Å². The molecule has 0 bridgehead atoms. The van der Waals surface area contributed by atoms with Crippen LogP contribution >= 0.6 is 0 Å². The molecule has 0 aromatic carbocycles. The lowest BCUT2D eigenvalue weighted by molar-refractivity contribution is -0.139. The summed E-state index contributed by atoms with van der Waals surface area (Å²) in [6.07, 6.45) is -4.71. The number of hydrogen-bond donors (Lipinski definition) is 1. The van der Waals surface area contributed by atoms with Crippen LogP contribution < -0.4 is 5.73 Å². The highest BCUT2D eigenvalue weighted by Gasteiger charge is 2.35. The third-order valence-electron chi connectivity index (χ3n) is 1.70. The minimum absolute atomic E-state index is 0.463. The van der Waals surface area contributed by atoms with Gasteiger partial charge in [0.1, 0.15) is 6.17 Å². The van der Waals surface area contributed by atoms with Crippen molar-refractivity contribution in [3.63, 3.8) is 0 Å². The predicted molar refractivity (Wildman–Crippen MR) is 42.1 cm³/mol. The van der Waals surface area contributed by atoms with E-state index in [0.717, 1.165) is 12.3 Å². The fraction of sp³-hybridized carbons (Fsp3) is 0.375. The molecule has 0 aliphatic rings. The number of alkyl halides is 4. The predicted octanol–water partition coefficient (Wildman–Crippen LogP) is 2.07. The molecule has 1 aromatic heterocycles. The molecule has 0 aliphatic heterocycles. The smallest absolute Gasteiger partial charge is 0.327 e. The average molecular weight is 208 g/mol. The molecule has 0 saturated carbocycles. The highest BCUT2D eigenvalue weighted by molar-refractivity contribution is 5.28. The van der Waals surface area contributed by atoms with Crippen molar-refractivity contribution in [3.05, 3.63) is 29.6 Å². The molecule has 0 amide bonds. The quantitative estimate of drug-likeness (QED) is 0.755. The molecule has 2 N–H and O–H groups in total. The summed E-state index contributed by atoms with van der Waals surface area (Å²) in [5.74, 6) is 0. The Morgan fingerprint density at radius 2 is 2.07 bits per heavy atom. The van der Waals surface area contributed by atoms with Gasteiger partial charge in [-0.05, 0) is 6.07 Å². The lowest BCUT2D eigenvalue weighted by Crippen LogP contribution is -2.15. The fourth-order valence-corrected chi connectivity index (χ4v) is 1.04. The zero-order valence-electron chi connectivity index (χ0n) is 7.05. The molecule has 14 heavy (non-hydrogen) atoms. The van der Waals surface area contributed by atoms with Crippen molar-refractivity contribution >= 4 is 0 Å². The summed E-state index contributed by atoms with van der Waals surface area (Å²) in [6.45, 7) is -0.479. The van der Waals surface area contributed by atoms with Crippen molar-refractivity contribution in [1.29, 1.82) is 0 Å². The molecule has 6 heteroatoms. The molecular weight excluding hydrogens is 200 g/mol. The van der Waals surface area contributed by atoms with Gasteiger partial charge in [-0.25, -0.2) is 4.39 Å². The van der Waals surface area contributed by atoms with Crippen LogP contribution in [0.4, 0.5) is 17.6 Å². The Hall–Kier alpha value is -1.17. The van der Waals surface area contributed by atoms with E-state index < -0.39 is 30.0 Å². The molecule has 0 radical (unpaired) electrons. The van der Waals surface area contributed by atoms with Gasteiger partial charge in [0.05, 0.1) is 5.56 Å². The molecule has 1 heterocycles. The van der Waals surface area contributed by atoms with Gasteiger partial charge < -0.3 is 5.73 Å². The maximum absolute atomic E-state index is 13.0. The fourth-order valence-electron chi connectivity index (χ4n) is 1.04. The summed E-state index contributed by atoms with van der Waals surface area (Å²) in [6, 6.07) is 0.986. The number of aromatic nitrogens is 1. The standard InChI is InChI=1S/C8H8F4N2/c9-7(3-13)5-1-2-14-4-6(5)8(10,11)12/h1-2,4,7H,3,13H2. The second kappa shape index (κ2) is 3.91. The van der Waals surface area contributed by atoms with Gasteiger partial charge in [0, 0.05) is 24.5 Å². The van der Waals surface area contributed by atoms with Gasteiger partial charge in [-0.3, -0.25) is 4.98 Å². The number of nitrogens with zero attached hydrogens (tertiary/aromatic N) is 1. The van der Waals surface area contributed by atoms with Crippen LogP contribution in [-0.2, 0) is 6.18 Å². The summed E-state index contributed by atoms with van der Waals surface area (Å²) < 4.78 is 49.9. The molecule has 0 fully saturated rings. The van der Waals surface area contributed by atoms with Crippen molar-refractivity contribution in [3.8, 4) is 0 Å². The van der Waals surface area contributed by atoms with Gasteiger partial charge in [-0.1, -0.05) is 0 Å². The van der Waals surface area contributed by atoms with E-state index in [0.29, 0.717) is 6.20 Å². The number of hydrogen-bond acceptors (Lipinski definition) is 2. The lowest BCUT2D eigenvalue weighted by atomic mass is 10.1. The van der Waals surface area contributed by atoms with Crippen molar-refractivity contribution in [2.45, 2.75) is 12.3 Å². The Balaban J connectivity index is 3.16. The molecule has 2 nitrogen and oxygen atoms in total. The first-order valence-electron chi connectivity index (χ1n) is 3.82. The molecule has 78 valence electrons. The van der Waals surface area contributed by atoms with Crippen LogP contribution in [0.1, 0.15) is 17.3 Å². The molecule has 0 aliphatic carbocycles. The van der Waals surface area contributed by atoms with E-state index in [1.54, 1.807) is 0 Å². The minimum Gasteiger partial charge on any atom is -0.327 e. The highest BCUT2D eigenvalue weighted by atomic mass is 19.4. The van der Waals surface area contributed by atoms with Crippen LogP contribution in [0.15, 0.2) is 18.5 Å². The van der Waals surface area contributed by atoms with Crippen LogP contribution in [-0.4, -0.2) is 11.5 Å². The Kier molecular flexibility index (Phi) is 3.05. The largest absolute Gasteiger partial charge is 0.418 e. The Labute approximate surface area is 77.7 Å². The average Bonchev–Trinajstić information content (AvgIpc) is 2.15. The summed E-state index contributed by atoms with van der Waals surface area (Å²) in [5.41, 5.74) is 3.42. The van der Waals surface area contributed by atoms with Crippen LogP contribution in [0, 0.1) is 0 Å². The number of pyridine rings is 1. The molecule has 1 aromatic rings. The first-order valence-corrected chi connectivity index (χ1v) is 3.82. The maximum Gasteiger partial charge on any atom is 0.418 e.